The van der Waals surface area contributed by atoms with Crippen LogP contribution in [0, 0.1) is 0 Å². The molecule has 17 heavy (non-hydrogen) atoms. The number of hydrogen-bond acceptors (Lipinski definition) is 1. The summed E-state index contributed by atoms with van der Waals surface area (Å²) in [6.07, 6.45) is 4.70. The van der Waals surface area contributed by atoms with Gasteiger partial charge in [-0.05, 0) is 21.9 Å². The summed E-state index contributed by atoms with van der Waals surface area (Å²) in [7, 11) is 0. The average Bonchev–Trinajstić information content (AvgIpc) is 2.39. The lowest BCUT2D eigenvalue weighted by atomic mass is 9.83. The predicted molar refractivity (Wildman–Crippen MR) is 71.0 cm³/mol. The van der Waals surface area contributed by atoms with Crippen LogP contribution in [0.5, 0.6) is 0 Å². The van der Waals surface area contributed by atoms with Crippen LogP contribution >= 0.6 is 0 Å². The average molecular weight is 222 g/mol. The van der Waals surface area contributed by atoms with Crippen molar-refractivity contribution in [1.82, 2.24) is 0 Å². The highest BCUT2D eigenvalue weighted by Crippen LogP contribution is 2.35. The van der Waals surface area contributed by atoms with Crippen LogP contribution in [0.2, 0.25) is 0 Å². The molecule has 0 saturated heterocycles. The molecule has 0 fully saturated rings. The zero-order chi connectivity index (χ0) is 11.8. The third kappa shape index (κ3) is 1.50. The minimum absolute atomic E-state index is 0.0569. The summed E-state index contributed by atoms with van der Waals surface area (Å²) in [6, 6.07) is 12.5. The van der Waals surface area contributed by atoms with Gasteiger partial charge in [0.15, 0.2) is 0 Å². The molecule has 0 heterocycles. The van der Waals surface area contributed by atoms with E-state index in [-0.39, 0.29) is 5.92 Å². The normalized spacial score (nSPS) is 17.4. The van der Waals surface area contributed by atoms with E-state index in [1.54, 1.807) is 0 Å². The summed E-state index contributed by atoms with van der Waals surface area (Å²) in [6.45, 7) is 1.93. The molecule has 1 unspecified atom stereocenters. The number of carbonyl (C=O) groups excluding carboxylic acids is 1. The number of ketones is 1. The van der Waals surface area contributed by atoms with Gasteiger partial charge in [-0.2, -0.15) is 0 Å². The number of carbonyl (C=O) groups is 1. The van der Waals surface area contributed by atoms with E-state index in [9.17, 15) is 4.79 Å². The Balaban J connectivity index is 2.30. The van der Waals surface area contributed by atoms with Crippen molar-refractivity contribution in [1.29, 1.82) is 0 Å². The first-order valence-electron chi connectivity index (χ1n) is 6.04. The smallest absolute Gasteiger partial charge is 0.143 e. The molecule has 0 spiro atoms. The first-order chi connectivity index (χ1) is 8.31. The topological polar surface area (TPSA) is 17.1 Å². The van der Waals surface area contributed by atoms with Crippen LogP contribution in [0.15, 0.2) is 42.5 Å². The van der Waals surface area contributed by atoms with Crippen molar-refractivity contribution in [2.75, 3.05) is 0 Å². The third-order valence-corrected chi connectivity index (χ3v) is 3.47. The predicted octanol–water partition coefficient (Wildman–Crippen LogP) is 3.93. The van der Waals surface area contributed by atoms with Crippen molar-refractivity contribution >= 4 is 22.6 Å². The van der Waals surface area contributed by atoms with Crippen molar-refractivity contribution in [2.45, 2.75) is 19.3 Å². The summed E-state index contributed by atoms with van der Waals surface area (Å²) in [5, 5.41) is 2.46. The molecular formula is C16H14O. The SMILES string of the molecule is CCC(=O)C1C=Cc2cccc3cccc1c23. The Bertz CT molecular complexity index is 617. The summed E-state index contributed by atoms with van der Waals surface area (Å²) in [5.41, 5.74) is 2.38. The van der Waals surface area contributed by atoms with Gasteiger partial charge >= 0.3 is 0 Å². The molecule has 2 aromatic carbocycles. The van der Waals surface area contributed by atoms with Crippen molar-refractivity contribution in [3.63, 3.8) is 0 Å². The highest BCUT2D eigenvalue weighted by atomic mass is 16.1. The fourth-order valence-electron chi connectivity index (χ4n) is 2.60. The molecule has 1 aliphatic carbocycles. The second-order valence-electron chi connectivity index (χ2n) is 4.45. The van der Waals surface area contributed by atoms with Gasteiger partial charge in [-0.15, -0.1) is 0 Å². The Kier molecular flexibility index (Phi) is 2.32. The standard InChI is InChI=1S/C16H14O/c1-2-15(17)13-10-9-12-6-3-5-11-7-4-8-14(13)16(11)12/h3-10,13H,2H2,1H3. The molecule has 2 aromatic rings. The van der Waals surface area contributed by atoms with Crippen molar-refractivity contribution in [3.05, 3.63) is 53.6 Å². The maximum absolute atomic E-state index is 12.0. The zero-order valence-electron chi connectivity index (χ0n) is 9.81. The summed E-state index contributed by atoms with van der Waals surface area (Å²) in [5.74, 6) is 0.238. The second-order valence-corrected chi connectivity index (χ2v) is 4.45. The molecule has 1 heteroatoms. The van der Waals surface area contributed by atoms with Gasteiger partial charge in [-0.1, -0.05) is 55.5 Å². The van der Waals surface area contributed by atoms with E-state index in [1.807, 2.05) is 19.1 Å². The van der Waals surface area contributed by atoms with Crippen LogP contribution in [0.25, 0.3) is 16.8 Å². The third-order valence-electron chi connectivity index (χ3n) is 3.47. The van der Waals surface area contributed by atoms with E-state index in [2.05, 4.69) is 36.4 Å². The van der Waals surface area contributed by atoms with E-state index in [0.29, 0.717) is 12.2 Å². The molecule has 3 rings (SSSR count). The first-order valence-corrected chi connectivity index (χ1v) is 6.04. The van der Waals surface area contributed by atoms with Crippen LogP contribution in [0.4, 0.5) is 0 Å². The van der Waals surface area contributed by atoms with Gasteiger partial charge in [0.05, 0.1) is 5.92 Å². The van der Waals surface area contributed by atoms with E-state index < -0.39 is 0 Å². The van der Waals surface area contributed by atoms with E-state index in [0.717, 1.165) is 5.56 Å². The molecule has 0 saturated carbocycles. The lowest BCUT2D eigenvalue weighted by Gasteiger charge is -2.19. The van der Waals surface area contributed by atoms with E-state index >= 15 is 0 Å². The van der Waals surface area contributed by atoms with Gasteiger partial charge in [0.1, 0.15) is 5.78 Å². The number of benzene rings is 2. The summed E-state index contributed by atoms with van der Waals surface area (Å²) < 4.78 is 0. The molecule has 0 bridgehead atoms. The number of rotatable bonds is 2. The van der Waals surface area contributed by atoms with Crippen LogP contribution < -0.4 is 0 Å². The quantitative estimate of drug-likeness (QED) is 0.752. The molecule has 1 nitrogen and oxygen atoms in total. The van der Waals surface area contributed by atoms with Crippen LogP contribution in [0.1, 0.15) is 30.4 Å². The molecule has 0 N–H and O–H groups in total. The molecule has 84 valence electrons. The van der Waals surface area contributed by atoms with Gasteiger partial charge in [0.25, 0.3) is 0 Å². The summed E-state index contributed by atoms with van der Waals surface area (Å²) >= 11 is 0. The zero-order valence-corrected chi connectivity index (χ0v) is 9.81. The minimum atomic E-state index is -0.0569. The molecule has 1 aliphatic rings. The van der Waals surface area contributed by atoms with Gasteiger partial charge < -0.3 is 0 Å². The highest BCUT2D eigenvalue weighted by Gasteiger charge is 2.21. The summed E-state index contributed by atoms with van der Waals surface area (Å²) in [4.78, 5) is 12.0. The second kappa shape index (κ2) is 3.85. The Morgan fingerprint density at radius 2 is 1.94 bits per heavy atom. The Hall–Kier alpha value is -1.89. The minimum Gasteiger partial charge on any atom is -0.299 e. The Morgan fingerprint density at radius 1 is 1.18 bits per heavy atom. The number of allylic oxidation sites excluding steroid dienone is 1. The fraction of sp³-hybridized carbons (Fsp3) is 0.188. The van der Waals surface area contributed by atoms with Gasteiger partial charge in [-0.3, -0.25) is 4.79 Å². The molecule has 0 aromatic heterocycles. The lowest BCUT2D eigenvalue weighted by molar-refractivity contribution is -0.119. The van der Waals surface area contributed by atoms with Crippen LogP contribution in [-0.4, -0.2) is 5.78 Å². The molecule has 0 aliphatic heterocycles. The van der Waals surface area contributed by atoms with Gasteiger partial charge in [0, 0.05) is 6.42 Å². The lowest BCUT2D eigenvalue weighted by Crippen LogP contribution is -2.11. The van der Waals surface area contributed by atoms with Gasteiger partial charge in [0.2, 0.25) is 0 Å². The number of hydrogen-bond donors (Lipinski definition) is 0. The van der Waals surface area contributed by atoms with E-state index in [1.165, 1.54) is 16.3 Å². The van der Waals surface area contributed by atoms with Crippen molar-refractivity contribution < 1.29 is 4.79 Å². The Morgan fingerprint density at radius 3 is 2.71 bits per heavy atom. The maximum Gasteiger partial charge on any atom is 0.143 e. The van der Waals surface area contributed by atoms with Crippen molar-refractivity contribution in [3.8, 4) is 0 Å². The fourth-order valence-corrected chi connectivity index (χ4v) is 2.60. The van der Waals surface area contributed by atoms with Crippen LogP contribution in [-0.2, 0) is 4.79 Å². The largest absolute Gasteiger partial charge is 0.299 e. The highest BCUT2D eigenvalue weighted by molar-refractivity contribution is 6.01. The first kappa shape index (κ1) is 10.3. The van der Waals surface area contributed by atoms with Crippen molar-refractivity contribution in [2.24, 2.45) is 0 Å². The molecular weight excluding hydrogens is 208 g/mol. The monoisotopic (exact) mass is 222 g/mol. The molecule has 1 atom stereocenters. The van der Waals surface area contributed by atoms with Gasteiger partial charge in [-0.25, -0.2) is 0 Å². The van der Waals surface area contributed by atoms with E-state index in [4.69, 9.17) is 0 Å². The molecule has 0 radical (unpaired) electrons. The Labute approximate surface area is 101 Å². The molecule has 0 amide bonds. The number of Topliss-reactive ketones (excluding diaryl/α,β-unsaturated/α-hetero) is 1. The maximum atomic E-state index is 12.0. The van der Waals surface area contributed by atoms with Crippen LogP contribution in [0.3, 0.4) is 0 Å².